The summed E-state index contributed by atoms with van der Waals surface area (Å²) < 4.78 is 24.3. The number of likely N-dealkylation sites (tertiary alicyclic amines) is 1. The predicted molar refractivity (Wildman–Crippen MR) is 212 cm³/mol. The Morgan fingerprint density at radius 3 is 2.30 bits per heavy atom. The SMILES string of the molecule is COc1ccccc1SCC1OC(c2cccc(-c3cccc(CN4C(=O)CC(NC(=O)OCc5ccccc5)C4=O)c3)c2)OC(c2ccc(CO)cc2)C1C. The van der Waals surface area contributed by atoms with Crippen LogP contribution in [0.3, 0.4) is 0 Å². The molecule has 2 N–H and O–H groups in total. The Kier molecular flexibility index (Phi) is 12.5. The highest BCUT2D eigenvalue weighted by Crippen LogP contribution is 2.44. The lowest BCUT2D eigenvalue weighted by atomic mass is 9.91. The number of hydrogen-bond acceptors (Lipinski definition) is 9. The molecule has 0 radical (unpaired) electrons. The van der Waals surface area contributed by atoms with Crippen molar-refractivity contribution in [2.24, 2.45) is 5.92 Å². The van der Waals surface area contributed by atoms with Crippen LogP contribution in [0.5, 0.6) is 5.75 Å². The molecule has 2 saturated heterocycles. The number of para-hydroxylation sites is 1. The van der Waals surface area contributed by atoms with E-state index in [-0.39, 0.29) is 50.2 Å². The van der Waals surface area contributed by atoms with Crippen molar-refractivity contribution in [1.29, 1.82) is 0 Å². The van der Waals surface area contributed by atoms with Gasteiger partial charge in [-0.1, -0.05) is 110 Å². The summed E-state index contributed by atoms with van der Waals surface area (Å²) in [5, 5.41) is 12.2. The molecule has 10 nitrogen and oxygen atoms in total. The van der Waals surface area contributed by atoms with E-state index >= 15 is 0 Å². The smallest absolute Gasteiger partial charge is 0.408 e. The minimum Gasteiger partial charge on any atom is -0.496 e. The molecular weight excluding hydrogens is 729 g/mol. The maximum absolute atomic E-state index is 13.3. The predicted octanol–water partition coefficient (Wildman–Crippen LogP) is 7.99. The zero-order valence-corrected chi connectivity index (χ0v) is 32.0. The highest BCUT2D eigenvalue weighted by Gasteiger charge is 2.40. The zero-order valence-electron chi connectivity index (χ0n) is 31.2. The summed E-state index contributed by atoms with van der Waals surface area (Å²) in [5.74, 6) is 0.663. The Morgan fingerprint density at radius 1 is 0.821 bits per heavy atom. The number of ether oxygens (including phenoxy) is 4. The highest BCUT2D eigenvalue weighted by molar-refractivity contribution is 7.99. The van der Waals surface area contributed by atoms with Crippen molar-refractivity contribution in [3.05, 3.63) is 155 Å². The minimum absolute atomic E-state index is 0.0130. The first-order valence-electron chi connectivity index (χ1n) is 18.6. The molecule has 0 saturated carbocycles. The van der Waals surface area contributed by atoms with Gasteiger partial charge in [0.25, 0.3) is 5.91 Å². The van der Waals surface area contributed by atoms with Crippen LogP contribution >= 0.6 is 11.8 Å². The number of nitrogens with one attached hydrogen (secondary N) is 1. The third kappa shape index (κ3) is 9.14. The van der Waals surface area contributed by atoms with E-state index in [2.05, 4.69) is 12.2 Å². The molecule has 56 heavy (non-hydrogen) atoms. The van der Waals surface area contributed by atoms with E-state index < -0.39 is 24.3 Å². The molecule has 3 amide bonds. The minimum atomic E-state index is -0.989. The molecule has 2 fully saturated rings. The molecule has 0 bridgehead atoms. The van der Waals surface area contributed by atoms with E-state index in [1.807, 2.05) is 127 Å². The number of nitrogens with zero attached hydrogens (tertiary/aromatic N) is 1. The fourth-order valence-electron chi connectivity index (χ4n) is 6.99. The zero-order chi connectivity index (χ0) is 39.0. The van der Waals surface area contributed by atoms with Gasteiger partial charge in [-0.2, -0.15) is 0 Å². The summed E-state index contributed by atoms with van der Waals surface area (Å²) in [5.41, 5.74) is 6.08. The van der Waals surface area contributed by atoms with Crippen molar-refractivity contribution in [3.63, 3.8) is 0 Å². The van der Waals surface area contributed by atoms with Crippen molar-refractivity contribution in [1.82, 2.24) is 10.2 Å². The Balaban J connectivity index is 1.06. The largest absolute Gasteiger partial charge is 0.496 e. The van der Waals surface area contributed by atoms with Gasteiger partial charge in [-0.3, -0.25) is 14.5 Å². The van der Waals surface area contributed by atoms with Gasteiger partial charge in [-0.25, -0.2) is 4.79 Å². The van der Waals surface area contributed by atoms with E-state index in [9.17, 15) is 19.5 Å². The molecule has 0 aliphatic carbocycles. The van der Waals surface area contributed by atoms with Crippen LogP contribution in [-0.2, 0) is 43.6 Å². The number of aliphatic hydroxyl groups excluding tert-OH is 1. The summed E-state index contributed by atoms with van der Waals surface area (Å²) in [6, 6.07) is 39.7. The third-order valence-corrected chi connectivity index (χ3v) is 11.2. The maximum Gasteiger partial charge on any atom is 0.408 e. The number of imide groups is 1. The Morgan fingerprint density at radius 2 is 1.54 bits per heavy atom. The lowest BCUT2D eigenvalue weighted by Gasteiger charge is -2.41. The van der Waals surface area contributed by atoms with Gasteiger partial charge in [0.2, 0.25) is 5.91 Å². The molecular formula is C45H44N2O8S. The second-order valence-electron chi connectivity index (χ2n) is 13.9. The fourth-order valence-corrected chi connectivity index (χ4v) is 8.18. The number of rotatable bonds is 13. The molecule has 5 atom stereocenters. The topological polar surface area (TPSA) is 124 Å². The molecule has 0 spiro atoms. The molecule has 5 aromatic carbocycles. The fraction of sp³-hybridized carbons (Fsp3) is 0.267. The molecule has 5 unspecified atom stereocenters. The van der Waals surface area contributed by atoms with E-state index in [1.165, 1.54) is 4.90 Å². The van der Waals surface area contributed by atoms with Crippen molar-refractivity contribution in [2.45, 2.75) is 62.5 Å². The number of thioether (sulfide) groups is 1. The number of methoxy groups -OCH3 is 1. The average molecular weight is 773 g/mol. The molecule has 0 aromatic heterocycles. The molecule has 2 aliphatic rings. The Bertz CT molecular complexity index is 2150. The van der Waals surface area contributed by atoms with Gasteiger partial charge in [-0.15, -0.1) is 11.8 Å². The number of amides is 3. The number of carbonyl (C=O) groups is 3. The lowest BCUT2D eigenvalue weighted by Crippen LogP contribution is -2.41. The lowest BCUT2D eigenvalue weighted by molar-refractivity contribution is -0.268. The van der Waals surface area contributed by atoms with Crippen LogP contribution in [0.2, 0.25) is 0 Å². The average Bonchev–Trinajstić information content (AvgIpc) is 3.50. The monoisotopic (exact) mass is 772 g/mol. The quantitative estimate of drug-likeness (QED) is 0.0906. The van der Waals surface area contributed by atoms with Crippen LogP contribution in [0.4, 0.5) is 4.79 Å². The summed E-state index contributed by atoms with van der Waals surface area (Å²) in [6.45, 7) is 2.23. The van der Waals surface area contributed by atoms with Crippen LogP contribution < -0.4 is 10.1 Å². The summed E-state index contributed by atoms with van der Waals surface area (Å²) in [4.78, 5) is 40.9. The van der Waals surface area contributed by atoms with Crippen LogP contribution in [-0.4, -0.2) is 52.9 Å². The van der Waals surface area contributed by atoms with Gasteiger partial charge in [0, 0.05) is 22.1 Å². The van der Waals surface area contributed by atoms with E-state index in [0.717, 1.165) is 49.6 Å². The second-order valence-corrected chi connectivity index (χ2v) is 15.0. The van der Waals surface area contributed by atoms with E-state index in [4.69, 9.17) is 18.9 Å². The van der Waals surface area contributed by atoms with Gasteiger partial charge in [0.15, 0.2) is 6.29 Å². The van der Waals surface area contributed by atoms with Crippen molar-refractivity contribution >= 4 is 29.7 Å². The van der Waals surface area contributed by atoms with Crippen LogP contribution in [0.15, 0.2) is 132 Å². The molecule has 2 heterocycles. The summed E-state index contributed by atoms with van der Waals surface area (Å²) in [7, 11) is 1.67. The summed E-state index contributed by atoms with van der Waals surface area (Å²) >= 11 is 1.68. The number of carbonyl (C=O) groups excluding carboxylic acids is 3. The molecule has 2 aliphatic heterocycles. The molecule has 7 rings (SSSR count). The van der Waals surface area contributed by atoms with Gasteiger partial charge in [0.05, 0.1) is 38.9 Å². The van der Waals surface area contributed by atoms with Crippen LogP contribution in [0.25, 0.3) is 11.1 Å². The first kappa shape index (κ1) is 38.8. The number of aliphatic hydroxyl groups is 1. The van der Waals surface area contributed by atoms with Crippen molar-refractivity contribution < 1.29 is 38.4 Å². The number of hydrogen-bond donors (Lipinski definition) is 2. The van der Waals surface area contributed by atoms with E-state index in [0.29, 0.717) is 5.75 Å². The molecule has 11 heteroatoms. The van der Waals surface area contributed by atoms with Crippen LogP contribution in [0, 0.1) is 5.92 Å². The number of benzene rings is 5. The van der Waals surface area contributed by atoms with Crippen molar-refractivity contribution in [2.75, 3.05) is 12.9 Å². The van der Waals surface area contributed by atoms with Gasteiger partial charge < -0.3 is 29.4 Å². The van der Waals surface area contributed by atoms with E-state index in [1.54, 1.807) is 18.9 Å². The maximum atomic E-state index is 13.3. The van der Waals surface area contributed by atoms with Crippen LogP contribution in [0.1, 0.15) is 53.6 Å². The second kappa shape index (κ2) is 18.0. The standard InChI is InChI=1S/C45H44N2O8S/c1-29-39(28-56-40-17-7-6-16-38(40)52-2)54-44(55-42(29)33-20-18-30(26-48)19-21-33)36-15-9-14-35(23-36)34-13-8-12-32(22-34)25-47-41(49)24-37(43(47)50)46-45(51)53-27-31-10-4-3-5-11-31/h3-23,29,37,39,42,44,48H,24-28H2,1-2H3,(H,46,51). The molecule has 5 aromatic rings. The molecule has 288 valence electrons. The Hall–Kier alpha value is -5.46. The van der Waals surface area contributed by atoms with Gasteiger partial charge >= 0.3 is 6.09 Å². The third-order valence-electron chi connectivity index (χ3n) is 10.1. The van der Waals surface area contributed by atoms with Crippen molar-refractivity contribution in [3.8, 4) is 16.9 Å². The number of alkyl carbamates (subject to hydrolysis) is 1. The first-order chi connectivity index (χ1) is 27.3. The van der Waals surface area contributed by atoms with Gasteiger partial charge in [0.1, 0.15) is 18.4 Å². The van der Waals surface area contributed by atoms with Gasteiger partial charge in [-0.05, 0) is 57.6 Å². The summed E-state index contributed by atoms with van der Waals surface area (Å²) in [6.07, 6.45) is -1.99. The first-order valence-corrected chi connectivity index (χ1v) is 19.5. The normalized spacial score (nSPS) is 20.8. The Labute approximate surface area is 330 Å². The highest BCUT2D eigenvalue weighted by atomic mass is 32.2.